The molecule has 2 aliphatic heterocycles. The molecule has 1 atom stereocenters. The minimum absolute atomic E-state index is 0.200. The zero-order chi connectivity index (χ0) is 13.1. The van der Waals surface area contributed by atoms with E-state index in [1.165, 1.54) is 4.90 Å². The summed E-state index contributed by atoms with van der Waals surface area (Å²) in [4.78, 5) is 35.4. The maximum absolute atomic E-state index is 12.1. The van der Waals surface area contributed by atoms with Crippen molar-refractivity contribution in [2.24, 2.45) is 11.0 Å². The number of likely N-dealkylation sites (tertiary alicyclic amines) is 1. The Morgan fingerprint density at radius 2 is 2.17 bits per heavy atom. The van der Waals surface area contributed by atoms with Gasteiger partial charge in [0.1, 0.15) is 5.71 Å². The van der Waals surface area contributed by atoms with Crippen LogP contribution in [0.2, 0.25) is 0 Å². The molecular weight excluding hydrogens is 238 g/mol. The summed E-state index contributed by atoms with van der Waals surface area (Å²) in [6.07, 6.45) is 1.85. The Labute approximate surface area is 104 Å². The van der Waals surface area contributed by atoms with Gasteiger partial charge in [-0.15, -0.1) is 0 Å². The van der Waals surface area contributed by atoms with E-state index in [-0.39, 0.29) is 24.8 Å². The monoisotopic (exact) mass is 253 g/mol. The Morgan fingerprint density at radius 3 is 2.78 bits per heavy atom. The smallest absolute Gasteiger partial charge is 0.308 e. The van der Waals surface area contributed by atoms with Crippen molar-refractivity contribution < 1.29 is 19.5 Å². The van der Waals surface area contributed by atoms with Crippen molar-refractivity contribution in [1.29, 1.82) is 0 Å². The molecular formula is C11H15N3O4. The summed E-state index contributed by atoms with van der Waals surface area (Å²) in [6, 6.07) is 0. The molecule has 7 heteroatoms. The van der Waals surface area contributed by atoms with Crippen LogP contribution in [0, 0.1) is 5.92 Å². The van der Waals surface area contributed by atoms with E-state index in [0.717, 1.165) is 0 Å². The van der Waals surface area contributed by atoms with Crippen LogP contribution in [0.3, 0.4) is 0 Å². The quantitative estimate of drug-likeness (QED) is 0.697. The molecule has 0 saturated carbocycles. The lowest BCUT2D eigenvalue weighted by molar-refractivity contribution is -0.144. The van der Waals surface area contributed by atoms with Crippen LogP contribution in [0.5, 0.6) is 0 Å². The molecule has 0 spiro atoms. The molecule has 2 N–H and O–H groups in total. The first-order valence-electron chi connectivity index (χ1n) is 5.95. The first-order valence-corrected chi connectivity index (χ1v) is 5.95. The molecule has 0 aromatic carbocycles. The highest BCUT2D eigenvalue weighted by Crippen LogP contribution is 2.17. The van der Waals surface area contributed by atoms with E-state index >= 15 is 0 Å². The van der Waals surface area contributed by atoms with Gasteiger partial charge in [-0.25, -0.2) is 5.43 Å². The second-order valence-corrected chi connectivity index (χ2v) is 4.52. The van der Waals surface area contributed by atoms with Gasteiger partial charge in [0.15, 0.2) is 0 Å². The standard InChI is InChI=1S/C11H15N3O4/c15-9-4-3-8(12-13-9)10(16)14-5-1-2-7(6-14)11(17)18/h7H,1-6H2,(H,13,15)(H,17,18)/t7-/m1/s1. The Kier molecular flexibility index (Phi) is 3.59. The SMILES string of the molecule is O=C1CCC(C(=O)N2CCC[C@@H](C(=O)O)C2)=NN1. The lowest BCUT2D eigenvalue weighted by Crippen LogP contribution is -2.46. The third kappa shape index (κ3) is 2.66. The number of nitrogens with zero attached hydrogens (tertiary/aromatic N) is 2. The summed E-state index contributed by atoms with van der Waals surface area (Å²) in [5.74, 6) is -1.83. The number of rotatable bonds is 2. The van der Waals surface area contributed by atoms with Crippen molar-refractivity contribution in [3.63, 3.8) is 0 Å². The Morgan fingerprint density at radius 1 is 1.39 bits per heavy atom. The summed E-state index contributed by atoms with van der Waals surface area (Å²) >= 11 is 0. The highest BCUT2D eigenvalue weighted by molar-refractivity contribution is 6.39. The molecule has 2 rings (SSSR count). The Hall–Kier alpha value is -1.92. The largest absolute Gasteiger partial charge is 0.481 e. The van der Waals surface area contributed by atoms with Gasteiger partial charge in [-0.05, 0) is 12.8 Å². The second-order valence-electron chi connectivity index (χ2n) is 4.52. The van der Waals surface area contributed by atoms with Crippen molar-refractivity contribution in [2.75, 3.05) is 13.1 Å². The average Bonchev–Trinajstić information content (AvgIpc) is 2.39. The maximum atomic E-state index is 12.1. The van der Waals surface area contributed by atoms with Crippen LogP contribution in [0.1, 0.15) is 25.7 Å². The number of nitrogens with one attached hydrogen (secondary N) is 1. The lowest BCUT2D eigenvalue weighted by atomic mass is 9.97. The van der Waals surface area contributed by atoms with E-state index in [0.29, 0.717) is 31.5 Å². The lowest BCUT2D eigenvalue weighted by Gasteiger charge is -2.31. The molecule has 0 unspecified atom stereocenters. The molecule has 1 fully saturated rings. The molecule has 2 amide bonds. The highest BCUT2D eigenvalue weighted by Gasteiger charge is 2.31. The van der Waals surface area contributed by atoms with Crippen molar-refractivity contribution in [1.82, 2.24) is 10.3 Å². The van der Waals surface area contributed by atoms with Crippen LogP contribution in [0.15, 0.2) is 5.10 Å². The van der Waals surface area contributed by atoms with Crippen LogP contribution in [0.25, 0.3) is 0 Å². The fourth-order valence-electron chi connectivity index (χ4n) is 2.17. The predicted octanol–water partition coefficient (Wildman–Crippen LogP) is -0.424. The molecule has 7 nitrogen and oxygen atoms in total. The van der Waals surface area contributed by atoms with Crippen molar-refractivity contribution in [2.45, 2.75) is 25.7 Å². The minimum atomic E-state index is -0.869. The van der Waals surface area contributed by atoms with Gasteiger partial charge in [-0.3, -0.25) is 14.4 Å². The topological polar surface area (TPSA) is 99.1 Å². The number of hydrazone groups is 1. The van der Waals surface area contributed by atoms with Crippen LogP contribution in [-0.4, -0.2) is 46.6 Å². The van der Waals surface area contributed by atoms with Crippen LogP contribution < -0.4 is 5.43 Å². The normalized spacial score (nSPS) is 24.2. The van der Waals surface area contributed by atoms with E-state index < -0.39 is 11.9 Å². The molecule has 2 aliphatic rings. The number of aliphatic carboxylic acids is 1. The molecule has 0 aromatic heterocycles. The van der Waals surface area contributed by atoms with Crippen molar-refractivity contribution in [3.05, 3.63) is 0 Å². The van der Waals surface area contributed by atoms with Gasteiger partial charge >= 0.3 is 5.97 Å². The fraction of sp³-hybridized carbons (Fsp3) is 0.636. The van der Waals surface area contributed by atoms with E-state index in [9.17, 15) is 14.4 Å². The number of hydrogen-bond acceptors (Lipinski definition) is 4. The van der Waals surface area contributed by atoms with Crippen LogP contribution >= 0.6 is 0 Å². The summed E-state index contributed by atoms with van der Waals surface area (Å²) in [6.45, 7) is 0.775. The Bertz CT molecular complexity index is 419. The second kappa shape index (κ2) is 5.16. The van der Waals surface area contributed by atoms with E-state index in [1.807, 2.05) is 0 Å². The zero-order valence-corrected chi connectivity index (χ0v) is 9.89. The Balaban J connectivity index is 2.00. The number of carboxylic acid groups (broad SMARTS) is 1. The number of amides is 2. The van der Waals surface area contributed by atoms with Gasteiger partial charge in [-0.2, -0.15) is 5.10 Å². The molecule has 0 aliphatic carbocycles. The molecule has 98 valence electrons. The van der Waals surface area contributed by atoms with Crippen LogP contribution in [-0.2, 0) is 14.4 Å². The summed E-state index contributed by atoms with van der Waals surface area (Å²) in [7, 11) is 0. The molecule has 0 aromatic rings. The molecule has 2 heterocycles. The first kappa shape index (κ1) is 12.5. The van der Waals surface area contributed by atoms with Gasteiger partial charge < -0.3 is 10.0 Å². The maximum Gasteiger partial charge on any atom is 0.308 e. The molecule has 0 bridgehead atoms. The number of carbonyl (C=O) groups is 3. The number of hydrogen-bond donors (Lipinski definition) is 2. The molecule has 18 heavy (non-hydrogen) atoms. The predicted molar refractivity (Wildman–Crippen MR) is 61.8 cm³/mol. The summed E-state index contributed by atoms with van der Waals surface area (Å²) in [5.41, 5.74) is 2.58. The van der Waals surface area contributed by atoms with Crippen molar-refractivity contribution in [3.8, 4) is 0 Å². The summed E-state index contributed by atoms with van der Waals surface area (Å²) in [5, 5.41) is 12.7. The van der Waals surface area contributed by atoms with Gasteiger partial charge in [0.25, 0.3) is 5.91 Å². The molecule has 0 radical (unpaired) electrons. The van der Waals surface area contributed by atoms with Gasteiger partial charge in [0.05, 0.1) is 5.92 Å². The van der Waals surface area contributed by atoms with E-state index in [4.69, 9.17) is 5.11 Å². The fourth-order valence-corrected chi connectivity index (χ4v) is 2.17. The third-order valence-corrected chi connectivity index (χ3v) is 3.21. The summed E-state index contributed by atoms with van der Waals surface area (Å²) < 4.78 is 0. The third-order valence-electron chi connectivity index (χ3n) is 3.21. The average molecular weight is 253 g/mol. The van der Waals surface area contributed by atoms with E-state index in [1.54, 1.807) is 0 Å². The van der Waals surface area contributed by atoms with Crippen LogP contribution in [0.4, 0.5) is 0 Å². The van der Waals surface area contributed by atoms with Gasteiger partial charge in [0, 0.05) is 25.9 Å². The number of carbonyl (C=O) groups excluding carboxylic acids is 2. The number of piperidine rings is 1. The zero-order valence-electron chi connectivity index (χ0n) is 9.89. The highest BCUT2D eigenvalue weighted by atomic mass is 16.4. The first-order chi connectivity index (χ1) is 8.58. The van der Waals surface area contributed by atoms with E-state index in [2.05, 4.69) is 10.5 Å². The van der Waals surface area contributed by atoms with Crippen molar-refractivity contribution >= 4 is 23.5 Å². The van der Waals surface area contributed by atoms with Gasteiger partial charge in [-0.1, -0.05) is 0 Å². The molecule has 1 saturated heterocycles. The number of carboxylic acids is 1. The van der Waals surface area contributed by atoms with Gasteiger partial charge in [0.2, 0.25) is 5.91 Å². The minimum Gasteiger partial charge on any atom is -0.481 e.